The zero-order valence-electron chi connectivity index (χ0n) is 9.83. The van der Waals surface area contributed by atoms with Gasteiger partial charge in [-0.1, -0.05) is 38.9 Å². The number of amides is 1. The number of anilines is 3. The molecule has 0 unspecified atom stereocenters. The average Bonchev–Trinajstić information content (AvgIpc) is 2.74. The molecule has 1 aromatic heterocycles. The van der Waals surface area contributed by atoms with Gasteiger partial charge in [-0.15, -0.1) is 0 Å². The van der Waals surface area contributed by atoms with Crippen LogP contribution in [0, 0.1) is 0 Å². The van der Waals surface area contributed by atoms with Gasteiger partial charge in [-0.2, -0.15) is 0 Å². The number of benzene rings is 1. The Kier molecular flexibility index (Phi) is 4.28. The summed E-state index contributed by atoms with van der Waals surface area (Å²) in [5.74, 6) is -0.138. The van der Waals surface area contributed by atoms with Crippen molar-refractivity contribution in [2.75, 3.05) is 23.4 Å². The molecule has 4 N–H and O–H groups in total. The summed E-state index contributed by atoms with van der Waals surface area (Å²) in [7, 11) is 1.71. The minimum atomic E-state index is -0.333. The number of hydrogen-bond acceptors (Lipinski definition) is 5. The topological polar surface area (TPSA) is 80.0 Å². The maximum absolute atomic E-state index is 12.1. The SMILES string of the molecule is CNc1nc(N)c(C(=O)Nc2ccc(Br)cc2Cl)s1. The zero-order valence-corrected chi connectivity index (χ0v) is 13.0. The van der Waals surface area contributed by atoms with Crippen molar-refractivity contribution < 1.29 is 4.79 Å². The molecule has 5 nitrogen and oxygen atoms in total. The largest absolute Gasteiger partial charge is 0.382 e. The number of nitrogens with two attached hydrogens (primary N) is 1. The summed E-state index contributed by atoms with van der Waals surface area (Å²) in [6.45, 7) is 0. The molecule has 2 aromatic rings. The summed E-state index contributed by atoms with van der Waals surface area (Å²) >= 11 is 10.5. The van der Waals surface area contributed by atoms with E-state index in [-0.39, 0.29) is 11.7 Å². The maximum atomic E-state index is 12.1. The number of rotatable bonds is 3. The van der Waals surface area contributed by atoms with Crippen LogP contribution >= 0.6 is 38.9 Å². The van der Waals surface area contributed by atoms with Gasteiger partial charge in [0.15, 0.2) is 5.13 Å². The number of thiazole rings is 1. The minimum absolute atomic E-state index is 0.195. The zero-order chi connectivity index (χ0) is 14.0. The molecule has 0 bridgehead atoms. The predicted molar refractivity (Wildman–Crippen MR) is 83.2 cm³/mol. The van der Waals surface area contributed by atoms with Gasteiger partial charge in [0.2, 0.25) is 0 Å². The lowest BCUT2D eigenvalue weighted by molar-refractivity contribution is 0.103. The molecule has 0 aliphatic heterocycles. The van der Waals surface area contributed by atoms with Crippen LogP contribution in [0.5, 0.6) is 0 Å². The molecule has 0 radical (unpaired) electrons. The molecule has 2 rings (SSSR count). The van der Waals surface area contributed by atoms with E-state index in [1.165, 1.54) is 11.3 Å². The number of nitrogen functional groups attached to an aromatic ring is 1. The highest BCUT2D eigenvalue weighted by Gasteiger charge is 2.16. The first-order valence-electron chi connectivity index (χ1n) is 5.21. The van der Waals surface area contributed by atoms with Crippen molar-refractivity contribution in [2.24, 2.45) is 0 Å². The Morgan fingerprint density at radius 3 is 2.84 bits per heavy atom. The number of aromatic nitrogens is 1. The number of carbonyl (C=O) groups is 1. The van der Waals surface area contributed by atoms with Gasteiger partial charge in [0.25, 0.3) is 5.91 Å². The van der Waals surface area contributed by atoms with E-state index in [2.05, 4.69) is 31.5 Å². The van der Waals surface area contributed by atoms with E-state index in [1.54, 1.807) is 25.2 Å². The second-order valence-corrected chi connectivity index (χ2v) is 5.88. The van der Waals surface area contributed by atoms with Gasteiger partial charge in [0, 0.05) is 11.5 Å². The quantitative estimate of drug-likeness (QED) is 0.782. The van der Waals surface area contributed by atoms with Crippen LogP contribution in [-0.2, 0) is 0 Å². The molecule has 0 saturated carbocycles. The highest BCUT2D eigenvalue weighted by atomic mass is 79.9. The molecule has 0 atom stereocenters. The summed E-state index contributed by atoms with van der Waals surface area (Å²) in [6.07, 6.45) is 0. The molecule has 100 valence electrons. The van der Waals surface area contributed by atoms with Crippen LogP contribution in [0.4, 0.5) is 16.6 Å². The second kappa shape index (κ2) is 5.77. The van der Waals surface area contributed by atoms with Crippen LogP contribution in [0.1, 0.15) is 9.67 Å². The number of nitrogens with one attached hydrogen (secondary N) is 2. The molecule has 1 aromatic carbocycles. The molecule has 8 heteroatoms. The Hall–Kier alpha value is -1.31. The molecular weight excluding hydrogens is 352 g/mol. The Bertz CT molecular complexity index is 631. The first kappa shape index (κ1) is 14.1. The standard InChI is InChI=1S/C11H10BrClN4OS/c1-15-11-17-9(14)8(19-11)10(18)16-7-3-2-5(12)4-6(7)13/h2-4H,14H2,1H3,(H,15,17)(H,16,18). The first-order valence-corrected chi connectivity index (χ1v) is 7.20. The highest BCUT2D eigenvalue weighted by molar-refractivity contribution is 9.10. The van der Waals surface area contributed by atoms with E-state index in [0.717, 1.165) is 4.47 Å². The molecule has 0 aliphatic carbocycles. The molecule has 0 spiro atoms. The Balaban J connectivity index is 2.23. The van der Waals surface area contributed by atoms with Crippen LogP contribution in [0.3, 0.4) is 0 Å². The lowest BCUT2D eigenvalue weighted by Gasteiger charge is -2.06. The Morgan fingerprint density at radius 1 is 1.53 bits per heavy atom. The van der Waals surface area contributed by atoms with E-state index in [4.69, 9.17) is 17.3 Å². The van der Waals surface area contributed by atoms with Crippen molar-refractivity contribution in [3.8, 4) is 0 Å². The van der Waals surface area contributed by atoms with E-state index < -0.39 is 0 Å². The fourth-order valence-corrected chi connectivity index (χ4v) is 2.83. The fourth-order valence-electron chi connectivity index (χ4n) is 1.37. The Morgan fingerprint density at radius 2 is 2.26 bits per heavy atom. The van der Waals surface area contributed by atoms with Gasteiger partial charge in [0.05, 0.1) is 10.7 Å². The molecule has 1 amide bonds. The summed E-state index contributed by atoms with van der Waals surface area (Å²) in [4.78, 5) is 16.4. The van der Waals surface area contributed by atoms with Crippen molar-refractivity contribution in [1.82, 2.24) is 4.98 Å². The van der Waals surface area contributed by atoms with Crippen LogP contribution < -0.4 is 16.4 Å². The molecule has 19 heavy (non-hydrogen) atoms. The van der Waals surface area contributed by atoms with E-state index in [1.807, 2.05) is 0 Å². The van der Waals surface area contributed by atoms with E-state index in [0.29, 0.717) is 20.7 Å². The van der Waals surface area contributed by atoms with Gasteiger partial charge < -0.3 is 16.4 Å². The van der Waals surface area contributed by atoms with Gasteiger partial charge >= 0.3 is 0 Å². The normalized spacial score (nSPS) is 10.3. The lowest BCUT2D eigenvalue weighted by atomic mass is 10.3. The molecule has 0 fully saturated rings. The third kappa shape index (κ3) is 3.17. The van der Waals surface area contributed by atoms with E-state index in [9.17, 15) is 4.79 Å². The van der Waals surface area contributed by atoms with Crippen LogP contribution in [0.25, 0.3) is 0 Å². The van der Waals surface area contributed by atoms with E-state index >= 15 is 0 Å². The molecule has 1 heterocycles. The number of halogens is 2. The monoisotopic (exact) mass is 360 g/mol. The molecular formula is C11H10BrClN4OS. The minimum Gasteiger partial charge on any atom is -0.382 e. The summed E-state index contributed by atoms with van der Waals surface area (Å²) in [5.41, 5.74) is 6.21. The lowest BCUT2D eigenvalue weighted by Crippen LogP contribution is -2.12. The average molecular weight is 362 g/mol. The highest BCUT2D eigenvalue weighted by Crippen LogP contribution is 2.29. The molecule has 0 aliphatic rings. The Labute approximate surface area is 127 Å². The van der Waals surface area contributed by atoms with Crippen molar-refractivity contribution in [3.05, 3.63) is 32.6 Å². The smallest absolute Gasteiger partial charge is 0.269 e. The van der Waals surface area contributed by atoms with Crippen molar-refractivity contribution in [1.29, 1.82) is 0 Å². The van der Waals surface area contributed by atoms with Crippen LogP contribution in [0.15, 0.2) is 22.7 Å². The van der Waals surface area contributed by atoms with Gasteiger partial charge in [0.1, 0.15) is 10.7 Å². The van der Waals surface area contributed by atoms with Crippen LogP contribution in [-0.4, -0.2) is 17.9 Å². The maximum Gasteiger partial charge on any atom is 0.269 e. The van der Waals surface area contributed by atoms with Crippen molar-refractivity contribution >= 4 is 61.4 Å². The summed E-state index contributed by atoms with van der Waals surface area (Å²) in [6, 6.07) is 5.20. The van der Waals surface area contributed by atoms with Gasteiger partial charge in [-0.05, 0) is 18.2 Å². The van der Waals surface area contributed by atoms with Crippen LogP contribution in [0.2, 0.25) is 5.02 Å². The fraction of sp³-hybridized carbons (Fsp3) is 0.0909. The third-order valence-corrected chi connectivity index (χ3v) is 4.15. The van der Waals surface area contributed by atoms with Gasteiger partial charge in [-0.25, -0.2) is 4.98 Å². The number of nitrogens with zero attached hydrogens (tertiary/aromatic N) is 1. The van der Waals surface area contributed by atoms with Crippen molar-refractivity contribution in [2.45, 2.75) is 0 Å². The second-order valence-electron chi connectivity index (χ2n) is 3.56. The van der Waals surface area contributed by atoms with Gasteiger partial charge in [-0.3, -0.25) is 4.79 Å². The first-order chi connectivity index (χ1) is 9.01. The predicted octanol–water partition coefficient (Wildman–Crippen LogP) is 3.44. The third-order valence-electron chi connectivity index (χ3n) is 2.25. The number of carbonyl (C=O) groups excluding carboxylic acids is 1. The summed E-state index contributed by atoms with van der Waals surface area (Å²) in [5, 5.41) is 6.58. The molecule has 0 saturated heterocycles. The summed E-state index contributed by atoms with van der Waals surface area (Å²) < 4.78 is 0.838. The number of hydrogen-bond donors (Lipinski definition) is 3. The van der Waals surface area contributed by atoms with Crippen molar-refractivity contribution in [3.63, 3.8) is 0 Å².